The van der Waals surface area contributed by atoms with Gasteiger partial charge in [-0.3, -0.25) is 34.8 Å². The van der Waals surface area contributed by atoms with Crippen LogP contribution >= 0.6 is 0 Å². The van der Waals surface area contributed by atoms with Crippen molar-refractivity contribution in [2.75, 3.05) is 17.2 Å². The van der Waals surface area contributed by atoms with Crippen LogP contribution in [0.25, 0.3) is 0 Å². The first-order chi connectivity index (χ1) is 14.8. The van der Waals surface area contributed by atoms with Crippen molar-refractivity contribution in [3.8, 4) is 0 Å². The first-order valence-electron chi connectivity index (χ1n) is 9.31. The summed E-state index contributed by atoms with van der Waals surface area (Å²) < 4.78 is 4.77. The maximum absolute atomic E-state index is 11.9. The van der Waals surface area contributed by atoms with Gasteiger partial charge in [0.05, 0.1) is 6.42 Å². The molecule has 0 aliphatic rings. The molecule has 0 bridgehead atoms. The van der Waals surface area contributed by atoms with E-state index in [0.29, 0.717) is 16.9 Å². The monoisotopic (exact) mass is 426 g/mol. The molecule has 0 saturated heterocycles. The van der Waals surface area contributed by atoms with E-state index in [1.54, 1.807) is 54.6 Å². The van der Waals surface area contributed by atoms with E-state index in [1.807, 2.05) is 0 Å². The molecule has 0 aromatic heterocycles. The number of hydrogen-bond donors (Lipinski definition) is 4. The summed E-state index contributed by atoms with van der Waals surface area (Å²) in [5, 5.41) is 5.21. The summed E-state index contributed by atoms with van der Waals surface area (Å²) in [7, 11) is 0. The molecule has 4 amide bonds. The fraction of sp³-hybridized carbons (Fsp3) is 0.190. The van der Waals surface area contributed by atoms with Gasteiger partial charge in [0.2, 0.25) is 11.8 Å². The van der Waals surface area contributed by atoms with Crippen LogP contribution in [-0.4, -0.2) is 36.2 Å². The second kappa shape index (κ2) is 11.7. The molecule has 0 aliphatic carbocycles. The minimum atomic E-state index is -0.735. The lowest BCUT2D eigenvalue weighted by Gasteiger charge is -2.09. The van der Waals surface area contributed by atoms with Crippen molar-refractivity contribution in [2.24, 2.45) is 0 Å². The van der Waals surface area contributed by atoms with E-state index in [-0.39, 0.29) is 18.7 Å². The van der Waals surface area contributed by atoms with Crippen LogP contribution in [0.15, 0.2) is 54.6 Å². The van der Waals surface area contributed by atoms with E-state index in [0.717, 1.165) is 0 Å². The van der Waals surface area contributed by atoms with Gasteiger partial charge in [0.25, 0.3) is 11.8 Å². The van der Waals surface area contributed by atoms with Gasteiger partial charge in [0.1, 0.15) is 0 Å². The van der Waals surface area contributed by atoms with E-state index in [1.165, 1.54) is 6.92 Å². The quantitative estimate of drug-likeness (QED) is 0.371. The van der Waals surface area contributed by atoms with E-state index in [9.17, 15) is 24.0 Å². The number of rotatable bonds is 8. The molecule has 2 aromatic rings. The van der Waals surface area contributed by atoms with Gasteiger partial charge >= 0.3 is 5.97 Å². The van der Waals surface area contributed by atoms with Gasteiger partial charge in [-0.05, 0) is 36.4 Å². The van der Waals surface area contributed by atoms with Gasteiger partial charge < -0.3 is 15.4 Å². The van der Waals surface area contributed by atoms with Crippen LogP contribution in [0.2, 0.25) is 0 Å². The third kappa shape index (κ3) is 8.77. The normalized spacial score (nSPS) is 9.84. The summed E-state index contributed by atoms with van der Waals surface area (Å²) in [6.07, 6.45) is -0.363. The number of hydrogen-bond acceptors (Lipinski definition) is 6. The van der Waals surface area contributed by atoms with Crippen molar-refractivity contribution < 1.29 is 28.7 Å². The Bertz CT molecular complexity index is 944. The molecule has 0 fully saturated rings. The van der Waals surface area contributed by atoms with Gasteiger partial charge in [0, 0.05) is 30.3 Å². The van der Waals surface area contributed by atoms with Crippen LogP contribution in [0.5, 0.6) is 0 Å². The van der Waals surface area contributed by atoms with Crippen LogP contribution in [-0.2, 0) is 23.9 Å². The zero-order chi connectivity index (χ0) is 22.6. The van der Waals surface area contributed by atoms with Gasteiger partial charge in [-0.25, -0.2) is 0 Å². The Morgan fingerprint density at radius 2 is 1.35 bits per heavy atom. The van der Waals surface area contributed by atoms with Crippen LogP contribution in [0.3, 0.4) is 0 Å². The Hall–Kier alpha value is -4.21. The fourth-order valence-electron chi connectivity index (χ4n) is 2.32. The highest BCUT2D eigenvalue weighted by molar-refractivity contribution is 5.96. The molecule has 2 aromatic carbocycles. The predicted octanol–water partition coefficient (Wildman–Crippen LogP) is 1.37. The predicted molar refractivity (Wildman–Crippen MR) is 112 cm³/mol. The molecule has 162 valence electrons. The molecule has 0 heterocycles. The van der Waals surface area contributed by atoms with E-state index in [4.69, 9.17) is 4.74 Å². The number of ether oxygens (including phenoxy) is 1. The first kappa shape index (κ1) is 23.1. The second-order valence-electron chi connectivity index (χ2n) is 6.34. The molecule has 2 rings (SSSR count). The van der Waals surface area contributed by atoms with Crippen molar-refractivity contribution in [2.45, 2.75) is 19.8 Å². The number of carbonyl (C=O) groups excluding carboxylic acids is 5. The average molecular weight is 426 g/mol. The highest BCUT2D eigenvalue weighted by Gasteiger charge is 2.12. The highest BCUT2D eigenvalue weighted by Crippen LogP contribution is 2.14. The Kier molecular flexibility index (Phi) is 8.72. The maximum atomic E-state index is 11.9. The molecule has 0 aliphatic heterocycles. The van der Waals surface area contributed by atoms with E-state index in [2.05, 4.69) is 21.5 Å². The van der Waals surface area contributed by atoms with Crippen molar-refractivity contribution in [1.29, 1.82) is 0 Å². The zero-order valence-corrected chi connectivity index (χ0v) is 16.8. The third-order valence-corrected chi connectivity index (χ3v) is 3.76. The van der Waals surface area contributed by atoms with Crippen LogP contribution in [0, 0.1) is 0 Å². The zero-order valence-electron chi connectivity index (χ0n) is 16.8. The summed E-state index contributed by atoms with van der Waals surface area (Å²) in [6, 6.07) is 14.7. The largest absolute Gasteiger partial charge is 0.455 e. The molecular formula is C21H22N4O6. The third-order valence-electron chi connectivity index (χ3n) is 3.76. The molecule has 0 atom stereocenters. The molecule has 4 N–H and O–H groups in total. The summed E-state index contributed by atoms with van der Waals surface area (Å²) >= 11 is 0. The SMILES string of the molecule is CC(=O)Nc1ccc(NC(=O)CCC(=O)OCC(=O)NNC(=O)c2ccccc2)cc1. The van der Waals surface area contributed by atoms with Gasteiger partial charge in [-0.1, -0.05) is 18.2 Å². The Morgan fingerprint density at radius 3 is 1.97 bits per heavy atom. The molecule has 0 radical (unpaired) electrons. The molecule has 0 unspecified atom stereocenters. The van der Waals surface area contributed by atoms with Crippen molar-refractivity contribution in [3.05, 3.63) is 60.2 Å². The summed E-state index contributed by atoms with van der Waals surface area (Å²) in [6.45, 7) is 0.791. The van der Waals surface area contributed by atoms with Gasteiger partial charge in [-0.15, -0.1) is 0 Å². The lowest BCUT2D eigenvalue weighted by molar-refractivity contribution is -0.149. The van der Waals surface area contributed by atoms with Gasteiger partial charge in [0.15, 0.2) is 6.61 Å². The first-order valence-corrected chi connectivity index (χ1v) is 9.31. The minimum absolute atomic E-state index is 0.140. The number of benzene rings is 2. The Balaban J connectivity index is 1.63. The second-order valence-corrected chi connectivity index (χ2v) is 6.34. The smallest absolute Gasteiger partial charge is 0.306 e. The minimum Gasteiger partial charge on any atom is -0.455 e. The van der Waals surface area contributed by atoms with Crippen LogP contribution < -0.4 is 21.5 Å². The van der Waals surface area contributed by atoms with Crippen molar-refractivity contribution in [3.63, 3.8) is 0 Å². The van der Waals surface area contributed by atoms with Crippen LogP contribution in [0.4, 0.5) is 11.4 Å². The molecular weight excluding hydrogens is 404 g/mol. The molecule has 0 spiro atoms. The van der Waals surface area contributed by atoms with Crippen molar-refractivity contribution in [1.82, 2.24) is 10.9 Å². The summed E-state index contributed by atoms with van der Waals surface area (Å²) in [4.78, 5) is 58.0. The Labute approximate surface area is 178 Å². The van der Waals surface area contributed by atoms with E-state index >= 15 is 0 Å². The Morgan fingerprint density at radius 1 is 0.742 bits per heavy atom. The number of carbonyl (C=O) groups is 5. The average Bonchev–Trinajstić information content (AvgIpc) is 2.76. The molecule has 10 heteroatoms. The lowest BCUT2D eigenvalue weighted by Crippen LogP contribution is -2.43. The molecule has 10 nitrogen and oxygen atoms in total. The lowest BCUT2D eigenvalue weighted by atomic mass is 10.2. The summed E-state index contributed by atoms with van der Waals surface area (Å²) in [5.41, 5.74) is 5.77. The topological polar surface area (TPSA) is 143 Å². The van der Waals surface area contributed by atoms with Crippen LogP contribution in [0.1, 0.15) is 30.1 Å². The highest BCUT2D eigenvalue weighted by atomic mass is 16.5. The number of amides is 4. The summed E-state index contributed by atoms with van der Waals surface area (Å²) in [5.74, 6) is -2.59. The molecule has 31 heavy (non-hydrogen) atoms. The van der Waals surface area contributed by atoms with E-state index < -0.39 is 30.3 Å². The number of esters is 1. The number of anilines is 2. The fourth-order valence-corrected chi connectivity index (χ4v) is 2.32. The standard InChI is InChI=1S/C21H22N4O6/c1-14(26)22-16-7-9-17(10-8-16)23-18(27)11-12-20(29)31-13-19(28)24-25-21(30)15-5-3-2-4-6-15/h2-10H,11-13H2,1H3,(H,22,26)(H,23,27)(H,24,28)(H,25,30). The number of hydrazine groups is 1. The van der Waals surface area contributed by atoms with Gasteiger partial charge in [-0.2, -0.15) is 0 Å². The molecule has 0 saturated carbocycles. The maximum Gasteiger partial charge on any atom is 0.306 e. The van der Waals surface area contributed by atoms with Crippen molar-refractivity contribution >= 4 is 41.0 Å². The number of nitrogens with one attached hydrogen (secondary N) is 4.